The molecule has 0 amide bonds. The van der Waals surface area contributed by atoms with Crippen LogP contribution >= 0.6 is 27.5 Å². The molecule has 0 N–H and O–H groups in total. The largest absolute Gasteiger partial charge is 0.383 e. The number of hydrogen-bond donors (Lipinski definition) is 0. The van der Waals surface area contributed by atoms with Gasteiger partial charge < -0.3 is 9.30 Å². The molecule has 0 radical (unpaired) electrons. The summed E-state index contributed by atoms with van der Waals surface area (Å²) < 4.78 is 21.1. The zero-order valence-electron chi connectivity index (χ0n) is 10.1. The number of methoxy groups -OCH3 is 1. The molecule has 0 aliphatic carbocycles. The second-order valence-electron chi connectivity index (χ2n) is 4.09. The number of halogens is 3. The first-order valence-corrected chi connectivity index (χ1v) is 6.82. The summed E-state index contributed by atoms with van der Waals surface area (Å²) in [6, 6.07) is 3.18. The summed E-state index contributed by atoms with van der Waals surface area (Å²) in [5, 5.41) is 0. The van der Waals surface area contributed by atoms with E-state index in [1.807, 2.05) is 11.5 Å². The zero-order chi connectivity index (χ0) is 13.3. The highest BCUT2D eigenvalue weighted by Gasteiger charge is 2.17. The van der Waals surface area contributed by atoms with E-state index in [0.29, 0.717) is 16.9 Å². The molecule has 98 valence electrons. The van der Waals surface area contributed by atoms with Gasteiger partial charge in [-0.05, 0) is 28.9 Å². The number of fused-ring (bicyclic) bond motifs is 1. The van der Waals surface area contributed by atoms with Crippen molar-refractivity contribution in [2.75, 3.05) is 13.7 Å². The molecule has 0 fully saturated rings. The van der Waals surface area contributed by atoms with Crippen LogP contribution < -0.4 is 0 Å². The van der Waals surface area contributed by atoms with E-state index in [4.69, 9.17) is 16.3 Å². The van der Waals surface area contributed by atoms with Gasteiger partial charge in [-0.25, -0.2) is 9.37 Å². The molecule has 2 aromatic rings. The molecule has 3 nitrogen and oxygen atoms in total. The van der Waals surface area contributed by atoms with E-state index in [2.05, 4.69) is 20.9 Å². The number of imidazole rings is 1. The van der Waals surface area contributed by atoms with Crippen LogP contribution in [0, 0.1) is 5.82 Å². The van der Waals surface area contributed by atoms with Gasteiger partial charge in [-0.1, -0.05) is 0 Å². The number of rotatable bonds is 4. The van der Waals surface area contributed by atoms with Crippen molar-refractivity contribution in [1.82, 2.24) is 9.55 Å². The van der Waals surface area contributed by atoms with Crippen molar-refractivity contribution < 1.29 is 9.13 Å². The standard InChI is InChI=1S/C12H13BrClFN2O/c1-7(6-18-2)17-11-4-9(15)8(13)3-10(11)16-12(17)5-14/h3-4,7H,5-6H2,1-2H3. The summed E-state index contributed by atoms with van der Waals surface area (Å²) in [7, 11) is 1.63. The minimum absolute atomic E-state index is 0.0503. The lowest BCUT2D eigenvalue weighted by atomic mass is 10.2. The van der Waals surface area contributed by atoms with Crippen molar-refractivity contribution in [3.63, 3.8) is 0 Å². The van der Waals surface area contributed by atoms with Crippen LogP contribution in [0.4, 0.5) is 4.39 Å². The Morgan fingerprint density at radius 1 is 1.56 bits per heavy atom. The fraction of sp³-hybridized carbons (Fsp3) is 0.417. The molecular formula is C12H13BrClFN2O. The van der Waals surface area contributed by atoms with Crippen LogP contribution in [0.3, 0.4) is 0 Å². The Bertz CT molecular complexity index is 573. The van der Waals surface area contributed by atoms with Crippen molar-refractivity contribution in [1.29, 1.82) is 0 Å². The molecule has 18 heavy (non-hydrogen) atoms. The minimum atomic E-state index is -0.311. The van der Waals surface area contributed by atoms with Crippen LogP contribution in [-0.4, -0.2) is 23.3 Å². The molecule has 0 spiro atoms. The van der Waals surface area contributed by atoms with Crippen LogP contribution in [0.25, 0.3) is 11.0 Å². The maximum Gasteiger partial charge on any atom is 0.139 e. The third-order valence-corrected chi connectivity index (χ3v) is 3.62. The normalized spacial score (nSPS) is 13.2. The van der Waals surface area contributed by atoms with Gasteiger partial charge >= 0.3 is 0 Å². The zero-order valence-corrected chi connectivity index (χ0v) is 12.4. The molecule has 1 atom stereocenters. The molecule has 0 aliphatic rings. The maximum absolute atomic E-state index is 13.6. The van der Waals surface area contributed by atoms with Crippen LogP contribution in [0.15, 0.2) is 16.6 Å². The molecule has 2 rings (SSSR count). The fourth-order valence-corrected chi connectivity index (χ4v) is 2.56. The second-order valence-corrected chi connectivity index (χ2v) is 5.21. The number of hydrogen-bond acceptors (Lipinski definition) is 2. The highest BCUT2D eigenvalue weighted by Crippen LogP contribution is 2.27. The predicted molar refractivity (Wildman–Crippen MR) is 73.5 cm³/mol. The van der Waals surface area contributed by atoms with E-state index >= 15 is 0 Å². The average molecular weight is 336 g/mol. The van der Waals surface area contributed by atoms with Crippen molar-refractivity contribution in [3.8, 4) is 0 Å². The van der Waals surface area contributed by atoms with E-state index < -0.39 is 0 Å². The molecule has 0 bridgehead atoms. The summed E-state index contributed by atoms with van der Waals surface area (Å²) in [5.74, 6) is 0.685. The molecular weight excluding hydrogens is 322 g/mol. The van der Waals surface area contributed by atoms with E-state index in [1.54, 1.807) is 13.2 Å². The van der Waals surface area contributed by atoms with Gasteiger partial charge in [0.25, 0.3) is 0 Å². The number of alkyl halides is 1. The highest BCUT2D eigenvalue weighted by atomic mass is 79.9. The Labute approximate surface area is 118 Å². The van der Waals surface area contributed by atoms with Crippen LogP contribution in [0.2, 0.25) is 0 Å². The Balaban J connectivity index is 2.64. The van der Waals surface area contributed by atoms with E-state index in [9.17, 15) is 4.39 Å². The smallest absolute Gasteiger partial charge is 0.139 e. The molecule has 1 unspecified atom stereocenters. The average Bonchev–Trinajstić information content (AvgIpc) is 2.68. The van der Waals surface area contributed by atoms with Gasteiger partial charge in [-0.3, -0.25) is 0 Å². The lowest BCUT2D eigenvalue weighted by Gasteiger charge is -2.16. The summed E-state index contributed by atoms with van der Waals surface area (Å²) in [4.78, 5) is 4.42. The minimum Gasteiger partial charge on any atom is -0.383 e. The molecule has 1 heterocycles. The first kappa shape index (κ1) is 13.8. The number of nitrogens with zero attached hydrogens (tertiary/aromatic N) is 2. The van der Waals surface area contributed by atoms with Gasteiger partial charge in [0.15, 0.2) is 0 Å². The molecule has 0 saturated heterocycles. The van der Waals surface area contributed by atoms with Crippen molar-refractivity contribution in [3.05, 3.63) is 28.2 Å². The molecule has 1 aromatic carbocycles. The molecule has 1 aromatic heterocycles. The molecule has 6 heteroatoms. The van der Waals surface area contributed by atoms with Gasteiger partial charge in [-0.15, -0.1) is 11.6 Å². The molecule has 0 saturated carbocycles. The van der Waals surface area contributed by atoms with E-state index in [1.165, 1.54) is 6.07 Å². The van der Waals surface area contributed by atoms with Gasteiger partial charge in [0, 0.05) is 13.2 Å². The first-order valence-electron chi connectivity index (χ1n) is 5.49. The molecule has 0 aliphatic heterocycles. The van der Waals surface area contributed by atoms with Crippen LogP contribution in [0.5, 0.6) is 0 Å². The predicted octanol–water partition coefficient (Wildman–Crippen LogP) is 3.88. The Kier molecular flexibility index (Phi) is 4.25. The first-order chi connectivity index (χ1) is 8.58. The van der Waals surface area contributed by atoms with Crippen LogP contribution in [0.1, 0.15) is 18.8 Å². The Hall–Kier alpha value is -0.650. The Morgan fingerprint density at radius 3 is 2.89 bits per heavy atom. The third kappa shape index (κ3) is 2.39. The van der Waals surface area contributed by atoms with E-state index in [0.717, 1.165) is 11.0 Å². The topological polar surface area (TPSA) is 27.1 Å². The quantitative estimate of drug-likeness (QED) is 0.793. The third-order valence-electron chi connectivity index (χ3n) is 2.77. The number of benzene rings is 1. The van der Waals surface area contributed by atoms with E-state index in [-0.39, 0.29) is 17.7 Å². The summed E-state index contributed by atoms with van der Waals surface area (Å²) in [6.45, 7) is 2.51. The summed E-state index contributed by atoms with van der Waals surface area (Å²) in [5.41, 5.74) is 1.46. The number of aromatic nitrogens is 2. The van der Waals surface area contributed by atoms with Gasteiger partial charge in [0.1, 0.15) is 11.6 Å². The van der Waals surface area contributed by atoms with Crippen molar-refractivity contribution in [2.45, 2.75) is 18.8 Å². The van der Waals surface area contributed by atoms with Gasteiger partial charge in [-0.2, -0.15) is 0 Å². The fourth-order valence-electron chi connectivity index (χ4n) is 2.04. The number of ether oxygens (including phenoxy) is 1. The lowest BCUT2D eigenvalue weighted by molar-refractivity contribution is 0.163. The lowest BCUT2D eigenvalue weighted by Crippen LogP contribution is -2.13. The summed E-state index contributed by atoms with van der Waals surface area (Å²) in [6.07, 6.45) is 0. The van der Waals surface area contributed by atoms with Crippen molar-refractivity contribution in [2.24, 2.45) is 0 Å². The van der Waals surface area contributed by atoms with Crippen molar-refractivity contribution >= 4 is 38.6 Å². The summed E-state index contributed by atoms with van der Waals surface area (Å²) >= 11 is 9.06. The van der Waals surface area contributed by atoms with Crippen LogP contribution in [-0.2, 0) is 10.6 Å². The Morgan fingerprint density at radius 2 is 2.28 bits per heavy atom. The maximum atomic E-state index is 13.6. The van der Waals surface area contributed by atoms with Gasteiger partial charge in [0.05, 0.1) is 34.0 Å². The highest BCUT2D eigenvalue weighted by molar-refractivity contribution is 9.10. The van der Waals surface area contributed by atoms with Gasteiger partial charge in [0.2, 0.25) is 0 Å². The second kappa shape index (κ2) is 5.55. The monoisotopic (exact) mass is 334 g/mol. The SMILES string of the molecule is COCC(C)n1c(CCl)nc2cc(Br)c(F)cc21.